The lowest BCUT2D eigenvalue weighted by Gasteiger charge is -2.16. The van der Waals surface area contributed by atoms with Crippen molar-refractivity contribution < 1.29 is 14.7 Å². The lowest BCUT2D eigenvalue weighted by molar-refractivity contribution is -0.137. The third-order valence-corrected chi connectivity index (χ3v) is 2.48. The van der Waals surface area contributed by atoms with Crippen LogP contribution in [0.2, 0.25) is 0 Å². The van der Waals surface area contributed by atoms with Gasteiger partial charge in [-0.1, -0.05) is 18.2 Å². The van der Waals surface area contributed by atoms with E-state index >= 15 is 0 Å². The van der Waals surface area contributed by atoms with Crippen LogP contribution in [-0.2, 0) is 4.79 Å². The van der Waals surface area contributed by atoms with Gasteiger partial charge < -0.3 is 15.7 Å². The van der Waals surface area contributed by atoms with Gasteiger partial charge in [-0.2, -0.15) is 0 Å². The van der Waals surface area contributed by atoms with Crippen molar-refractivity contribution in [3.05, 3.63) is 11.6 Å². The van der Waals surface area contributed by atoms with E-state index in [1.54, 1.807) is 0 Å². The fourth-order valence-corrected chi connectivity index (χ4v) is 1.48. The smallest absolute Gasteiger partial charge is 0.315 e. The zero-order valence-electron chi connectivity index (χ0n) is 8.83. The molecule has 1 aliphatic rings. The Bertz CT molecular complexity index is 302. The third kappa shape index (κ3) is 5.02. The van der Waals surface area contributed by atoms with Crippen LogP contribution in [0, 0.1) is 5.92 Å². The number of carboxylic acids is 1. The third-order valence-electron chi connectivity index (χ3n) is 2.34. The van der Waals surface area contributed by atoms with E-state index < -0.39 is 12.0 Å². The van der Waals surface area contributed by atoms with Crippen LogP contribution in [-0.4, -0.2) is 29.7 Å². The molecule has 1 fully saturated rings. The highest BCUT2D eigenvalue weighted by Gasteiger charge is 2.33. The summed E-state index contributed by atoms with van der Waals surface area (Å²) in [6.45, 7) is 3.61. The van der Waals surface area contributed by atoms with Crippen molar-refractivity contribution >= 4 is 23.6 Å². The van der Waals surface area contributed by atoms with Crippen molar-refractivity contribution in [1.82, 2.24) is 10.6 Å². The zero-order valence-corrected chi connectivity index (χ0v) is 9.59. The molecule has 0 radical (unpaired) electrons. The van der Waals surface area contributed by atoms with Crippen LogP contribution in [0.4, 0.5) is 4.79 Å². The van der Waals surface area contributed by atoms with Crippen molar-refractivity contribution in [3.8, 4) is 0 Å². The van der Waals surface area contributed by atoms with Gasteiger partial charge in [0.15, 0.2) is 0 Å². The minimum Gasteiger partial charge on any atom is -0.481 e. The first kappa shape index (κ1) is 12.8. The number of hydrogen-bond donors (Lipinski definition) is 3. The number of aliphatic carboxylic acids is 1. The summed E-state index contributed by atoms with van der Waals surface area (Å²) in [5, 5.41) is 14.1. The molecule has 0 heterocycles. The molecule has 5 nitrogen and oxygen atoms in total. The summed E-state index contributed by atoms with van der Waals surface area (Å²) < 4.78 is 0. The summed E-state index contributed by atoms with van der Waals surface area (Å²) in [6.07, 6.45) is 1.90. The minimum atomic E-state index is -0.904. The minimum absolute atomic E-state index is 0.0418. The first-order valence-electron chi connectivity index (χ1n) is 5.08. The number of rotatable bonds is 6. The average Bonchev–Trinajstić information content (AvgIpc) is 2.96. The van der Waals surface area contributed by atoms with E-state index in [1.165, 1.54) is 0 Å². The van der Waals surface area contributed by atoms with Gasteiger partial charge in [-0.25, -0.2) is 4.79 Å². The fraction of sp³-hybridized carbons (Fsp3) is 0.600. The predicted octanol–water partition coefficient (Wildman–Crippen LogP) is 1.29. The summed E-state index contributed by atoms with van der Waals surface area (Å²) in [7, 11) is 0. The van der Waals surface area contributed by atoms with Gasteiger partial charge in [0.05, 0.1) is 13.0 Å². The number of carbonyl (C=O) groups is 2. The molecule has 0 spiro atoms. The highest BCUT2D eigenvalue weighted by Crippen LogP contribution is 2.33. The summed E-state index contributed by atoms with van der Waals surface area (Å²) in [5.41, 5.74) is 0. The van der Waals surface area contributed by atoms with Crippen molar-refractivity contribution in [2.75, 3.05) is 6.54 Å². The molecule has 1 atom stereocenters. The molecule has 1 saturated carbocycles. The molecule has 16 heavy (non-hydrogen) atoms. The number of hydrogen-bond acceptors (Lipinski definition) is 2. The van der Waals surface area contributed by atoms with Crippen LogP contribution >= 0.6 is 11.6 Å². The van der Waals surface area contributed by atoms with E-state index in [2.05, 4.69) is 17.2 Å². The summed E-state index contributed by atoms with van der Waals surface area (Å²) in [4.78, 5) is 21.9. The van der Waals surface area contributed by atoms with Gasteiger partial charge >= 0.3 is 12.0 Å². The van der Waals surface area contributed by atoms with Crippen molar-refractivity contribution in [3.63, 3.8) is 0 Å². The molecule has 2 amide bonds. The van der Waals surface area contributed by atoms with E-state index in [9.17, 15) is 9.59 Å². The average molecular weight is 247 g/mol. The lowest BCUT2D eigenvalue weighted by Crippen LogP contribution is -2.44. The Morgan fingerprint density at radius 2 is 2.12 bits per heavy atom. The highest BCUT2D eigenvalue weighted by molar-refractivity contribution is 6.29. The van der Waals surface area contributed by atoms with Gasteiger partial charge in [0.25, 0.3) is 0 Å². The SMILES string of the molecule is C=C(Cl)CNC(=O)NC(CC(=O)O)C1CC1. The van der Waals surface area contributed by atoms with E-state index in [-0.39, 0.29) is 19.0 Å². The number of carbonyl (C=O) groups excluding carboxylic acids is 1. The van der Waals surface area contributed by atoms with Gasteiger partial charge in [-0.15, -0.1) is 0 Å². The second-order valence-corrected chi connectivity index (χ2v) is 4.42. The maximum atomic E-state index is 11.4. The fourth-order valence-electron chi connectivity index (χ4n) is 1.42. The summed E-state index contributed by atoms with van der Waals surface area (Å²) in [6, 6.07) is -0.693. The molecule has 1 unspecified atom stereocenters. The monoisotopic (exact) mass is 246 g/mol. The normalized spacial score (nSPS) is 16.3. The molecular weight excluding hydrogens is 232 g/mol. The largest absolute Gasteiger partial charge is 0.481 e. The molecule has 1 aliphatic carbocycles. The van der Waals surface area contributed by atoms with E-state index in [4.69, 9.17) is 16.7 Å². The second-order valence-electron chi connectivity index (χ2n) is 3.89. The zero-order chi connectivity index (χ0) is 12.1. The van der Waals surface area contributed by atoms with Gasteiger partial charge in [-0.05, 0) is 18.8 Å². The first-order valence-corrected chi connectivity index (χ1v) is 5.46. The molecule has 0 saturated heterocycles. The molecule has 90 valence electrons. The Morgan fingerprint density at radius 1 is 1.50 bits per heavy atom. The Labute approximate surface area is 98.8 Å². The lowest BCUT2D eigenvalue weighted by atomic mass is 10.1. The number of carboxylic acid groups (broad SMARTS) is 1. The Balaban J connectivity index is 2.33. The molecule has 0 aromatic carbocycles. The van der Waals surface area contributed by atoms with Crippen LogP contribution in [0.15, 0.2) is 11.6 Å². The molecule has 0 aromatic rings. The van der Waals surface area contributed by atoms with Gasteiger partial charge in [0, 0.05) is 11.1 Å². The summed E-state index contributed by atoms with van der Waals surface area (Å²) >= 11 is 5.49. The van der Waals surface area contributed by atoms with E-state index in [0.29, 0.717) is 11.0 Å². The molecule has 0 bridgehead atoms. The maximum absolute atomic E-state index is 11.4. The van der Waals surface area contributed by atoms with Crippen LogP contribution in [0.3, 0.4) is 0 Å². The quantitative estimate of drug-likeness (QED) is 0.661. The number of halogens is 1. The Morgan fingerprint density at radius 3 is 2.56 bits per heavy atom. The number of amides is 2. The van der Waals surface area contributed by atoms with Gasteiger partial charge in [-0.3, -0.25) is 4.79 Å². The number of urea groups is 1. The molecule has 6 heteroatoms. The summed E-state index contributed by atoms with van der Waals surface area (Å²) in [5.74, 6) is -0.611. The maximum Gasteiger partial charge on any atom is 0.315 e. The van der Waals surface area contributed by atoms with Gasteiger partial charge in [0.1, 0.15) is 0 Å². The van der Waals surface area contributed by atoms with E-state index in [1.807, 2.05) is 0 Å². The standard InChI is InChI=1S/C10H15ClN2O3/c1-6(11)5-12-10(16)13-8(4-9(14)15)7-2-3-7/h7-8H,1-5H2,(H,14,15)(H2,12,13,16). The van der Waals surface area contributed by atoms with Crippen molar-refractivity contribution in [1.29, 1.82) is 0 Å². The number of nitrogens with one attached hydrogen (secondary N) is 2. The van der Waals surface area contributed by atoms with Crippen LogP contribution in [0.1, 0.15) is 19.3 Å². The van der Waals surface area contributed by atoms with Crippen LogP contribution in [0.5, 0.6) is 0 Å². The molecular formula is C10H15ClN2O3. The van der Waals surface area contributed by atoms with Crippen LogP contribution in [0.25, 0.3) is 0 Å². The first-order chi connectivity index (χ1) is 7.49. The molecule has 3 N–H and O–H groups in total. The van der Waals surface area contributed by atoms with E-state index in [0.717, 1.165) is 12.8 Å². The molecule has 0 aliphatic heterocycles. The topological polar surface area (TPSA) is 78.4 Å². The molecule has 0 aromatic heterocycles. The van der Waals surface area contributed by atoms with Crippen molar-refractivity contribution in [2.24, 2.45) is 5.92 Å². The second kappa shape index (κ2) is 5.75. The predicted molar refractivity (Wildman–Crippen MR) is 60.3 cm³/mol. The Hall–Kier alpha value is -1.23. The highest BCUT2D eigenvalue weighted by atomic mass is 35.5. The van der Waals surface area contributed by atoms with Crippen molar-refractivity contribution in [2.45, 2.75) is 25.3 Å². The Kier molecular flexibility index (Phi) is 4.61. The van der Waals surface area contributed by atoms with Gasteiger partial charge in [0.2, 0.25) is 0 Å². The molecule has 1 rings (SSSR count). The van der Waals surface area contributed by atoms with Crippen LogP contribution < -0.4 is 10.6 Å².